The molecule has 0 unspecified atom stereocenters. The highest BCUT2D eigenvalue weighted by atomic mass is 32.1. The van der Waals surface area contributed by atoms with Crippen LogP contribution in [0, 0.1) is 0 Å². The molecule has 0 aliphatic heterocycles. The lowest BCUT2D eigenvalue weighted by molar-refractivity contribution is 0.262. The fraction of sp³-hybridized carbons (Fsp3) is 0.0741. The molecule has 11 heteroatoms. The van der Waals surface area contributed by atoms with Crippen LogP contribution in [-0.2, 0) is 0 Å². The van der Waals surface area contributed by atoms with Gasteiger partial charge in [-0.1, -0.05) is 12.1 Å². The van der Waals surface area contributed by atoms with E-state index in [0.717, 1.165) is 9.79 Å². The highest BCUT2D eigenvalue weighted by Gasteiger charge is 2.12. The molecule has 0 spiro atoms. The minimum absolute atomic E-state index is 0.424. The number of azo groups is 2. The summed E-state index contributed by atoms with van der Waals surface area (Å²) < 4.78 is 10.9. The van der Waals surface area contributed by atoms with E-state index in [2.05, 4.69) is 56.3 Å². The van der Waals surface area contributed by atoms with E-state index < -0.39 is 6.03 Å². The minimum atomic E-state index is -0.485. The van der Waals surface area contributed by atoms with E-state index in [1.807, 2.05) is 36.4 Å². The molecule has 4 aromatic carbocycles. The van der Waals surface area contributed by atoms with Crippen LogP contribution < -0.4 is 20.1 Å². The molecule has 2 N–H and O–H groups in total. The number of carbonyl (C=O) groups is 1. The Kier molecular flexibility index (Phi) is 8.96. The van der Waals surface area contributed by atoms with Crippen LogP contribution in [0.2, 0.25) is 0 Å². The van der Waals surface area contributed by atoms with Gasteiger partial charge in [0.1, 0.15) is 11.5 Å². The Labute approximate surface area is 230 Å². The van der Waals surface area contributed by atoms with Crippen molar-refractivity contribution in [3.8, 4) is 11.5 Å². The number of nitrogens with zero attached hydrogens (tertiary/aromatic N) is 4. The van der Waals surface area contributed by atoms with Gasteiger partial charge in [0, 0.05) is 21.9 Å². The number of urea groups is 1. The second-order valence-corrected chi connectivity index (χ2v) is 8.82. The fourth-order valence-electron chi connectivity index (χ4n) is 3.31. The first-order valence-electron chi connectivity index (χ1n) is 11.3. The zero-order valence-corrected chi connectivity index (χ0v) is 22.3. The molecule has 9 nitrogen and oxygen atoms in total. The molecule has 0 aliphatic carbocycles. The van der Waals surface area contributed by atoms with Gasteiger partial charge in [-0.25, -0.2) is 4.79 Å². The second kappa shape index (κ2) is 12.7. The van der Waals surface area contributed by atoms with Crippen LogP contribution in [0.5, 0.6) is 11.5 Å². The standard InChI is InChI=1S/C27H24N6O3S2/c1-35-25-15-19(32-30-17-5-3-7-21(37)13-17)9-11-23(25)28-27(34)29-24-12-10-20(16-26(24)36-2)33-31-18-6-4-8-22(38)14-18/h3-16,37-38H,1-2H3,(H2,28,29,34). The average Bonchev–Trinajstić information content (AvgIpc) is 2.92. The molecular formula is C27H24N6O3S2. The van der Waals surface area contributed by atoms with Crippen molar-refractivity contribution in [2.24, 2.45) is 20.5 Å². The number of hydrogen-bond acceptors (Lipinski definition) is 9. The maximum Gasteiger partial charge on any atom is 0.323 e. The van der Waals surface area contributed by atoms with E-state index in [0.29, 0.717) is 45.6 Å². The normalized spacial score (nSPS) is 11.1. The quantitative estimate of drug-likeness (QED) is 0.131. The first kappa shape index (κ1) is 26.7. The average molecular weight is 545 g/mol. The van der Waals surface area contributed by atoms with Gasteiger partial charge in [0.05, 0.1) is 48.3 Å². The van der Waals surface area contributed by atoms with Crippen molar-refractivity contribution in [2.45, 2.75) is 9.79 Å². The molecular weight excluding hydrogens is 520 g/mol. The Morgan fingerprint density at radius 2 is 1.00 bits per heavy atom. The number of thiol groups is 2. The predicted octanol–water partition coefficient (Wildman–Crippen LogP) is 8.76. The number of hydrogen-bond donors (Lipinski definition) is 4. The van der Waals surface area contributed by atoms with Crippen molar-refractivity contribution in [3.05, 3.63) is 84.9 Å². The summed E-state index contributed by atoms with van der Waals surface area (Å²) in [7, 11) is 3.01. The van der Waals surface area contributed by atoms with Crippen LogP contribution in [0.1, 0.15) is 0 Å². The topological polar surface area (TPSA) is 109 Å². The van der Waals surface area contributed by atoms with Crippen molar-refractivity contribution < 1.29 is 14.3 Å². The number of nitrogens with one attached hydrogen (secondary N) is 2. The summed E-state index contributed by atoms with van der Waals surface area (Å²) in [6.07, 6.45) is 0. The largest absolute Gasteiger partial charge is 0.494 e. The van der Waals surface area contributed by atoms with E-state index in [-0.39, 0.29) is 0 Å². The van der Waals surface area contributed by atoms with Gasteiger partial charge in [-0.05, 0) is 60.7 Å². The molecule has 0 atom stereocenters. The Morgan fingerprint density at radius 1 is 0.605 bits per heavy atom. The van der Waals surface area contributed by atoms with Gasteiger partial charge < -0.3 is 20.1 Å². The summed E-state index contributed by atoms with van der Waals surface area (Å²) in [4.78, 5) is 14.3. The molecule has 38 heavy (non-hydrogen) atoms. The fourth-order valence-corrected chi connectivity index (χ4v) is 3.74. The van der Waals surface area contributed by atoms with Gasteiger partial charge in [-0.15, -0.1) is 25.3 Å². The first-order valence-corrected chi connectivity index (χ1v) is 12.2. The SMILES string of the molecule is COc1cc(N=Nc2cccc(S)c2)ccc1NC(=O)Nc1ccc(N=Nc2cccc(S)c2)cc1OC. The van der Waals surface area contributed by atoms with Crippen molar-refractivity contribution in [3.63, 3.8) is 0 Å². The number of carbonyl (C=O) groups excluding carboxylic acids is 1. The first-order chi connectivity index (χ1) is 18.4. The van der Waals surface area contributed by atoms with Crippen LogP contribution in [0.4, 0.5) is 38.9 Å². The Balaban J connectivity index is 1.43. The number of rotatable bonds is 8. The summed E-state index contributed by atoms with van der Waals surface area (Å²) in [5, 5.41) is 22.4. The Bertz CT molecular complexity index is 1400. The van der Waals surface area contributed by atoms with E-state index >= 15 is 0 Å². The van der Waals surface area contributed by atoms with Gasteiger partial charge in [0.15, 0.2) is 0 Å². The van der Waals surface area contributed by atoms with Crippen molar-refractivity contribution in [2.75, 3.05) is 24.9 Å². The van der Waals surface area contributed by atoms with Crippen molar-refractivity contribution in [1.29, 1.82) is 0 Å². The number of amides is 2. The highest BCUT2D eigenvalue weighted by molar-refractivity contribution is 7.80. The van der Waals surface area contributed by atoms with Crippen molar-refractivity contribution >= 4 is 65.4 Å². The number of benzene rings is 4. The summed E-state index contributed by atoms with van der Waals surface area (Å²) in [6, 6.07) is 24.3. The summed E-state index contributed by atoms with van der Waals surface area (Å²) >= 11 is 8.61. The number of methoxy groups -OCH3 is 2. The zero-order chi connectivity index (χ0) is 26.9. The monoisotopic (exact) mass is 544 g/mol. The van der Waals surface area contributed by atoms with Gasteiger partial charge >= 0.3 is 6.03 Å². The minimum Gasteiger partial charge on any atom is -0.494 e. The molecule has 0 fully saturated rings. The highest BCUT2D eigenvalue weighted by Crippen LogP contribution is 2.33. The molecule has 0 radical (unpaired) electrons. The molecule has 0 aromatic heterocycles. The third-order valence-corrected chi connectivity index (χ3v) is 5.64. The second-order valence-electron chi connectivity index (χ2n) is 7.79. The van der Waals surface area contributed by atoms with E-state index in [9.17, 15) is 4.79 Å². The van der Waals surface area contributed by atoms with E-state index in [1.165, 1.54) is 14.2 Å². The summed E-state index contributed by atoms with van der Waals surface area (Å²) in [5.41, 5.74) is 3.38. The van der Waals surface area contributed by atoms with Crippen LogP contribution in [0.3, 0.4) is 0 Å². The molecule has 192 valence electrons. The number of anilines is 2. The molecule has 0 saturated carbocycles. The Hall–Kier alpha value is -4.35. The molecule has 0 aliphatic rings. The van der Waals surface area contributed by atoms with Crippen LogP contribution in [-0.4, -0.2) is 20.3 Å². The predicted molar refractivity (Wildman–Crippen MR) is 154 cm³/mol. The van der Waals surface area contributed by atoms with Gasteiger partial charge in [-0.3, -0.25) is 0 Å². The van der Waals surface area contributed by atoms with Gasteiger partial charge in [0.2, 0.25) is 0 Å². The van der Waals surface area contributed by atoms with E-state index in [1.54, 1.807) is 48.5 Å². The molecule has 0 heterocycles. The van der Waals surface area contributed by atoms with Crippen molar-refractivity contribution in [1.82, 2.24) is 0 Å². The third kappa shape index (κ3) is 7.34. The van der Waals surface area contributed by atoms with Crippen LogP contribution in [0.25, 0.3) is 0 Å². The number of ether oxygens (including phenoxy) is 2. The molecule has 0 saturated heterocycles. The third-order valence-electron chi connectivity index (χ3n) is 5.09. The zero-order valence-electron chi connectivity index (χ0n) is 20.5. The summed E-state index contributed by atoms with van der Waals surface area (Å²) in [5.74, 6) is 0.847. The Morgan fingerprint density at radius 3 is 1.37 bits per heavy atom. The smallest absolute Gasteiger partial charge is 0.323 e. The maximum absolute atomic E-state index is 12.7. The molecule has 4 aromatic rings. The molecule has 2 amide bonds. The molecule has 0 bridgehead atoms. The van der Waals surface area contributed by atoms with Gasteiger partial charge in [-0.2, -0.15) is 20.5 Å². The van der Waals surface area contributed by atoms with E-state index in [4.69, 9.17) is 9.47 Å². The van der Waals surface area contributed by atoms with Crippen LogP contribution in [0.15, 0.2) is 115 Å². The maximum atomic E-state index is 12.7. The summed E-state index contributed by atoms with van der Waals surface area (Å²) in [6.45, 7) is 0. The lowest BCUT2D eigenvalue weighted by Crippen LogP contribution is -2.20. The lowest BCUT2D eigenvalue weighted by atomic mass is 10.2. The molecule has 4 rings (SSSR count). The van der Waals surface area contributed by atoms with Gasteiger partial charge in [0.25, 0.3) is 0 Å². The lowest BCUT2D eigenvalue weighted by Gasteiger charge is -2.13. The van der Waals surface area contributed by atoms with Crippen LogP contribution >= 0.6 is 25.3 Å².